The first-order valence-corrected chi connectivity index (χ1v) is 5.06. The maximum absolute atomic E-state index is 13.3. The number of hydrogen-bond donors (Lipinski definition) is 1. The summed E-state index contributed by atoms with van der Waals surface area (Å²) in [7, 11) is 0. The highest BCUT2D eigenvalue weighted by molar-refractivity contribution is 6.30. The second-order valence-corrected chi connectivity index (χ2v) is 3.87. The predicted molar refractivity (Wildman–Crippen MR) is 59.0 cm³/mol. The Hall–Kier alpha value is -1.42. The molecule has 0 saturated carbocycles. The molecule has 1 N–H and O–H groups in total. The van der Waals surface area contributed by atoms with Gasteiger partial charge in [-0.3, -0.25) is 9.59 Å². The molecule has 0 aliphatic rings. The maximum atomic E-state index is 13.3. The highest BCUT2D eigenvalue weighted by Crippen LogP contribution is 2.14. The van der Waals surface area contributed by atoms with Gasteiger partial charge in [-0.1, -0.05) is 11.6 Å². The summed E-state index contributed by atoms with van der Waals surface area (Å²) in [6, 6.07) is 3.11. The Labute approximate surface area is 97.6 Å². The van der Waals surface area contributed by atoms with Gasteiger partial charge in [0, 0.05) is 5.02 Å². The van der Waals surface area contributed by atoms with Crippen molar-refractivity contribution in [1.29, 1.82) is 0 Å². The van der Waals surface area contributed by atoms with E-state index in [-0.39, 0.29) is 16.4 Å². The van der Waals surface area contributed by atoms with Crippen LogP contribution in [-0.4, -0.2) is 17.7 Å². The van der Waals surface area contributed by atoms with Crippen molar-refractivity contribution in [1.82, 2.24) is 5.32 Å². The summed E-state index contributed by atoms with van der Waals surface area (Å²) < 4.78 is 13.3. The van der Waals surface area contributed by atoms with Gasteiger partial charge >= 0.3 is 0 Å². The van der Waals surface area contributed by atoms with E-state index in [1.54, 1.807) is 0 Å². The Kier molecular flexibility index (Phi) is 4.01. The maximum Gasteiger partial charge on any atom is 0.254 e. The molecule has 0 saturated heterocycles. The van der Waals surface area contributed by atoms with Gasteiger partial charge in [0.15, 0.2) is 5.78 Å². The molecule has 1 aromatic rings. The van der Waals surface area contributed by atoms with E-state index in [0.29, 0.717) is 0 Å². The molecule has 1 amide bonds. The Morgan fingerprint density at radius 1 is 1.44 bits per heavy atom. The van der Waals surface area contributed by atoms with Crippen molar-refractivity contribution in [3.8, 4) is 0 Å². The lowest BCUT2D eigenvalue weighted by atomic mass is 10.1. The van der Waals surface area contributed by atoms with Crippen molar-refractivity contribution in [3.63, 3.8) is 0 Å². The zero-order valence-electron chi connectivity index (χ0n) is 8.88. The van der Waals surface area contributed by atoms with Gasteiger partial charge < -0.3 is 5.32 Å². The fraction of sp³-hybridized carbons (Fsp3) is 0.273. The van der Waals surface area contributed by atoms with E-state index in [4.69, 9.17) is 11.6 Å². The van der Waals surface area contributed by atoms with Crippen LogP contribution >= 0.6 is 11.6 Å². The monoisotopic (exact) mass is 243 g/mol. The van der Waals surface area contributed by atoms with Crippen LogP contribution in [0.5, 0.6) is 0 Å². The molecule has 0 radical (unpaired) electrons. The largest absolute Gasteiger partial charge is 0.342 e. The molecule has 0 aliphatic carbocycles. The van der Waals surface area contributed by atoms with Gasteiger partial charge in [-0.25, -0.2) is 4.39 Å². The van der Waals surface area contributed by atoms with Gasteiger partial charge in [-0.2, -0.15) is 0 Å². The summed E-state index contributed by atoms with van der Waals surface area (Å²) in [6.45, 7) is 2.89. The van der Waals surface area contributed by atoms with Crippen molar-refractivity contribution in [3.05, 3.63) is 34.6 Å². The van der Waals surface area contributed by atoms with E-state index in [1.165, 1.54) is 26.0 Å². The lowest BCUT2D eigenvalue weighted by molar-refractivity contribution is -0.118. The average molecular weight is 244 g/mol. The third kappa shape index (κ3) is 3.03. The van der Waals surface area contributed by atoms with Crippen LogP contribution < -0.4 is 5.32 Å². The molecule has 0 aromatic heterocycles. The summed E-state index contributed by atoms with van der Waals surface area (Å²) in [5.74, 6) is -1.53. The fourth-order valence-corrected chi connectivity index (χ4v) is 1.21. The number of nitrogens with one attached hydrogen (secondary N) is 1. The standard InChI is InChI=1S/C11H11ClFNO2/c1-6(7(2)15)14-11(16)9-4-3-8(12)5-10(9)13/h3-6H,1-2H3,(H,14,16). The van der Waals surface area contributed by atoms with Crippen molar-refractivity contribution < 1.29 is 14.0 Å². The lowest BCUT2D eigenvalue weighted by Crippen LogP contribution is -2.37. The number of Topliss-reactive ketones (excluding diaryl/α,β-unsaturated/α-hetero) is 1. The fourth-order valence-electron chi connectivity index (χ4n) is 1.05. The molecule has 0 bridgehead atoms. The summed E-state index contributed by atoms with van der Waals surface area (Å²) >= 11 is 5.55. The van der Waals surface area contributed by atoms with Crippen LogP contribution in [-0.2, 0) is 4.79 Å². The molecule has 0 heterocycles. The normalized spacial score (nSPS) is 12.0. The van der Waals surface area contributed by atoms with Gasteiger partial charge in [0.25, 0.3) is 5.91 Å². The van der Waals surface area contributed by atoms with Crippen LogP contribution in [0.2, 0.25) is 5.02 Å². The number of ketones is 1. The molecule has 16 heavy (non-hydrogen) atoms. The highest BCUT2D eigenvalue weighted by Gasteiger charge is 2.16. The number of carbonyl (C=O) groups excluding carboxylic acids is 2. The molecule has 1 unspecified atom stereocenters. The van der Waals surface area contributed by atoms with Crippen molar-refractivity contribution in [2.45, 2.75) is 19.9 Å². The summed E-state index contributed by atoms with van der Waals surface area (Å²) in [6.07, 6.45) is 0. The van der Waals surface area contributed by atoms with Gasteiger partial charge in [-0.05, 0) is 32.0 Å². The van der Waals surface area contributed by atoms with E-state index in [2.05, 4.69) is 5.32 Å². The molecular formula is C11H11ClFNO2. The minimum Gasteiger partial charge on any atom is -0.342 e. The Bertz CT molecular complexity index is 434. The number of hydrogen-bond acceptors (Lipinski definition) is 2. The molecular weight excluding hydrogens is 233 g/mol. The molecule has 5 heteroatoms. The molecule has 1 atom stereocenters. The van der Waals surface area contributed by atoms with Gasteiger partial charge in [0.2, 0.25) is 0 Å². The lowest BCUT2D eigenvalue weighted by Gasteiger charge is -2.10. The third-order valence-corrected chi connectivity index (χ3v) is 2.37. The zero-order chi connectivity index (χ0) is 12.3. The van der Waals surface area contributed by atoms with Crippen molar-refractivity contribution in [2.24, 2.45) is 0 Å². The quantitative estimate of drug-likeness (QED) is 0.885. The van der Waals surface area contributed by atoms with Gasteiger partial charge in [0.1, 0.15) is 5.82 Å². The van der Waals surface area contributed by atoms with Crippen LogP contribution in [0.1, 0.15) is 24.2 Å². The van der Waals surface area contributed by atoms with Crippen molar-refractivity contribution in [2.75, 3.05) is 0 Å². The Morgan fingerprint density at radius 3 is 2.56 bits per heavy atom. The second kappa shape index (κ2) is 5.07. The van der Waals surface area contributed by atoms with Crippen LogP contribution in [0.15, 0.2) is 18.2 Å². The highest BCUT2D eigenvalue weighted by atomic mass is 35.5. The number of amides is 1. The topological polar surface area (TPSA) is 46.2 Å². The van der Waals surface area contributed by atoms with Gasteiger partial charge in [-0.15, -0.1) is 0 Å². The SMILES string of the molecule is CC(=O)C(C)NC(=O)c1ccc(Cl)cc1F. The number of halogens is 2. The molecule has 86 valence electrons. The third-order valence-electron chi connectivity index (χ3n) is 2.13. The van der Waals surface area contributed by atoms with Crippen LogP contribution in [0, 0.1) is 5.82 Å². The van der Waals surface area contributed by atoms with E-state index in [1.807, 2.05) is 0 Å². The Balaban J connectivity index is 2.85. The van der Waals surface area contributed by atoms with E-state index < -0.39 is 17.8 Å². The van der Waals surface area contributed by atoms with Gasteiger partial charge in [0.05, 0.1) is 11.6 Å². The summed E-state index contributed by atoms with van der Waals surface area (Å²) in [5, 5.41) is 2.60. The molecule has 0 spiro atoms. The number of rotatable bonds is 3. The summed E-state index contributed by atoms with van der Waals surface area (Å²) in [5.41, 5.74) is -0.127. The average Bonchev–Trinajstić information content (AvgIpc) is 2.16. The minimum absolute atomic E-state index is 0.127. The molecule has 1 rings (SSSR count). The Morgan fingerprint density at radius 2 is 2.06 bits per heavy atom. The smallest absolute Gasteiger partial charge is 0.254 e. The first-order chi connectivity index (χ1) is 7.41. The first-order valence-electron chi connectivity index (χ1n) is 4.68. The van der Waals surface area contributed by atoms with Crippen LogP contribution in [0.3, 0.4) is 0 Å². The number of benzene rings is 1. The molecule has 3 nitrogen and oxygen atoms in total. The van der Waals surface area contributed by atoms with E-state index >= 15 is 0 Å². The molecule has 0 fully saturated rings. The van der Waals surface area contributed by atoms with Crippen LogP contribution in [0.25, 0.3) is 0 Å². The molecule has 0 aliphatic heterocycles. The molecule has 1 aromatic carbocycles. The first kappa shape index (κ1) is 12.6. The van der Waals surface area contributed by atoms with E-state index in [9.17, 15) is 14.0 Å². The summed E-state index contributed by atoms with van der Waals surface area (Å²) in [4.78, 5) is 22.5. The van der Waals surface area contributed by atoms with Crippen LogP contribution in [0.4, 0.5) is 4.39 Å². The zero-order valence-corrected chi connectivity index (χ0v) is 9.64. The minimum atomic E-state index is -0.708. The number of carbonyl (C=O) groups is 2. The second-order valence-electron chi connectivity index (χ2n) is 3.43. The van der Waals surface area contributed by atoms with Crippen molar-refractivity contribution >= 4 is 23.3 Å². The predicted octanol–water partition coefficient (Wildman–Crippen LogP) is 2.19. The van der Waals surface area contributed by atoms with E-state index in [0.717, 1.165) is 6.07 Å².